The van der Waals surface area contributed by atoms with Crippen LogP contribution in [0.15, 0.2) is 24.3 Å². The summed E-state index contributed by atoms with van der Waals surface area (Å²) in [6, 6.07) is 11.1. The van der Waals surface area contributed by atoms with Crippen molar-refractivity contribution in [2.75, 3.05) is 6.61 Å². The maximum Gasteiger partial charge on any atom is 0.119 e. The lowest BCUT2D eigenvalue weighted by Gasteiger charge is -2.26. The highest BCUT2D eigenvalue weighted by molar-refractivity contribution is 5.26. The lowest BCUT2D eigenvalue weighted by atomic mass is 9.92. The van der Waals surface area contributed by atoms with Gasteiger partial charge in [-0.15, -0.1) is 0 Å². The van der Waals surface area contributed by atoms with Crippen LogP contribution >= 0.6 is 0 Å². The molecule has 1 aromatic carbocycles. The van der Waals surface area contributed by atoms with Gasteiger partial charge in [0.25, 0.3) is 0 Å². The van der Waals surface area contributed by atoms with E-state index in [4.69, 9.17) is 4.74 Å². The van der Waals surface area contributed by atoms with Crippen molar-refractivity contribution in [2.45, 2.75) is 57.5 Å². The van der Waals surface area contributed by atoms with Crippen LogP contribution in [0.1, 0.15) is 44.6 Å². The number of hydrogen-bond donors (Lipinski definition) is 1. The van der Waals surface area contributed by atoms with E-state index in [1.54, 1.807) is 0 Å². The van der Waals surface area contributed by atoms with Crippen molar-refractivity contribution in [2.24, 2.45) is 0 Å². The zero-order chi connectivity index (χ0) is 14.4. The maximum absolute atomic E-state index is 9.45. The number of nitriles is 1. The molecule has 20 heavy (non-hydrogen) atoms. The minimum absolute atomic E-state index is 0.363. The molecule has 1 saturated carbocycles. The second kappa shape index (κ2) is 6.76. The highest BCUT2D eigenvalue weighted by Gasteiger charge is 2.34. The molecule has 0 aromatic heterocycles. The Balaban J connectivity index is 1.75. The van der Waals surface area contributed by atoms with Gasteiger partial charge in [0.2, 0.25) is 0 Å². The Labute approximate surface area is 121 Å². The Morgan fingerprint density at radius 3 is 2.60 bits per heavy atom. The lowest BCUT2D eigenvalue weighted by molar-refractivity contribution is 0.275. The molecule has 1 aliphatic carbocycles. The standard InChI is InChI=1S/C17H24N2O/c1-3-17(13-18,19-15-7-8-15)11-4-12-20-16-9-5-14(2)6-10-16/h5-6,9-10,15,19H,3-4,7-8,11-12H2,1-2H3. The van der Waals surface area contributed by atoms with E-state index in [9.17, 15) is 5.26 Å². The predicted molar refractivity (Wildman–Crippen MR) is 80.7 cm³/mol. The van der Waals surface area contributed by atoms with Crippen molar-refractivity contribution in [1.29, 1.82) is 5.26 Å². The van der Waals surface area contributed by atoms with Crippen LogP contribution in [0.4, 0.5) is 0 Å². The van der Waals surface area contributed by atoms with Gasteiger partial charge in [0.15, 0.2) is 0 Å². The van der Waals surface area contributed by atoms with E-state index in [1.807, 2.05) is 12.1 Å². The molecule has 108 valence electrons. The largest absolute Gasteiger partial charge is 0.494 e. The Bertz CT molecular complexity index is 459. The van der Waals surface area contributed by atoms with Gasteiger partial charge >= 0.3 is 0 Å². The maximum atomic E-state index is 9.45. The van der Waals surface area contributed by atoms with Crippen LogP contribution in [0.25, 0.3) is 0 Å². The first-order chi connectivity index (χ1) is 9.67. The van der Waals surface area contributed by atoms with Crippen molar-refractivity contribution < 1.29 is 4.74 Å². The third-order valence-electron chi connectivity index (χ3n) is 3.91. The summed E-state index contributed by atoms with van der Waals surface area (Å²) in [5.41, 5.74) is 0.873. The minimum Gasteiger partial charge on any atom is -0.494 e. The quantitative estimate of drug-likeness (QED) is 0.736. The average molecular weight is 272 g/mol. The van der Waals surface area contributed by atoms with Crippen LogP contribution in [0.2, 0.25) is 0 Å². The molecule has 0 heterocycles. The molecule has 1 N–H and O–H groups in total. The van der Waals surface area contributed by atoms with Crippen molar-refractivity contribution >= 4 is 0 Å². The molecular formula is C17H24N2O. The van der Waals surface area contributed by atoms with Crippen LogP contribution in [0.5, 0.6) is 5.75 Å². The second-order valence-corrected chi connectivity index (χ2v) is 5.73. The number of aryl methyl sites for hydroxylation is 1. The Hall–Kier alpha value is -1.53. The van der Waals surface area contributed by atoms with E-state index in [0.29, 0.717) is 12.6 Å². The third-order valence-corrected chi connectivity index (χ3v) is 3.91. The van der Waals surface area contributed by atoms with Gasteiger partial charge in [0, 0.05) is 6.04 Å². The first kappa shape index (κ1) is 14.9. The van der Waals surface area contributed by atoms with Gasteiger partial charge in [-0.2, -0.15) is 5.26 Å². The number of benzene rings is 1. The van der Waals surface area contributed by atoms with E-state index >= 15 is 0 Å². The lowest BCUT2D eigenvalue weighted by Crippen LogP contribution is -2.44. The fourth-order valence-electron chi connectivity index (χ4n) is 2.34. The Kier molecular flexibility index (Phi) is 5.03. The number of nitrogens with one attached hydrogen (secondary N) is 1. The summed E-state index contributed by atoms with van der Waals surface area (Å²) in [6.07, 6.45) is 5.02. The Morgan fingerprint density at radius 1 is 1.35 bits per heavy atom. The zero-order valence-electron chi connectivity index (χ0n) is 12.5. The van der Waals surface area contributed by atoms with Crippen LogP contribution in [-0.4, -0.2) is 18.2 Å². The molecule has 0 aliphatic heterocycles. The molecule has 1 atom stereocenters. The van der Waals surface area contributed by atoms with Crippen LogP contribution in [-0.2, 0) is 0 Å². The highest BCUT2D eigenvalue weighted by atomic mass is 16.5. The van der Waals surface area contributed by atoms with E-state index in [-0.39, 0.29) is 5.54 Å². The highest BCUT2D eigenvalue weighted by Crippen LogP contribution is 2.26. The zero-order valence-corrected chi connectivity index (χ0v) is 12.5. The van der Waals surface area contributed by atoms with E-state index in [0.717, 1.165) is 25.0 Å². The SMILES string of the molecule is CCC(C#N)(CCCOc1ccc(C)cc1)NC1CC1. The molecule has 1 aromatic rings. The number of rotatable bonds is 8. The predicted octanol–water partition coefficient (Wildman–Crippen LogP) is 3.58. The summed E-state index contributed by atoms with van der Waals surface area (Å²) in [4.78, 5) is 0. The van der Waals surface area contributed by atoms with Crippen molar-refractivity contribution in [3.05, 3.63) is 29.8 Å². The monoisotopic (exact) mass is 272 g/mol. The van der Waals surface area contributed by atoms with Gasteiger partial charge < -0.3 is 4.74 Å². The summed E-state index contributed by atoms with van der Waals surface area (Å²) < 4.78 is 5.73. The summed E-state index contributed by atoms with van der Waals surface area (Å²) in [6.45, 7) is 4.81. The van der Waals surface area contributed by atoms with E-state index in [2.05, 4.69) is 37.4 Å². The van der Waals surface area contributed by atoms with E-state index in [1.165, 1.54) is 18.4 Å². The van der Waals surface area contributed by atoms with Crippen molar-refractivity contribution in [3.63, 3.8) is 0 Å². The molecule has 1 unspecified atom stereocenters. The molecular weight excluding hydrogens is 248 g/mol. The summed E-state index contributed by atoms with van der Waals surface area (Å²) in [5, 5.41) is 12.9. The second-order valence-electron chi connectivity index (χ2n) is 5.73. The van der Waals surface area contributed by atoms with E-state index < -0.39 is 0 Å². The molecule has 0 radical (unpaired) electrons. The molecule has 3 nitrogen and oxygen atoms in total. The molecule has 1 aliphatic rings. The molecule has 2 rings (SSSR count). The summed E-state index contributed by atoms with van der Waals surface area (Å²) in [5.74, 6) is 0.907. The minimum atomic E-state index is -0.363. The van der Waals surface area contributed by atoms with Gasteiger partial charge in [-0.3, -0.25) is 5.32 Å². The number of nitrogens with zero attached hydrogens (tertiary/aromatic N) is 1. The van der Waals surface area contributed by atoms with Crippen molar-refractivity contribution in [3.8, 4) is 11.8 Å². The molecule has 0 saturated heterocycles. The summed E-state index contributed by atoms with van der Waals surface area (Å²) >= 11 is 0. The van der Waals surface area contributed by atoms with Gasteiger partial charge in [0.1, 0.15) is 11.3 Å². The van der Waals surface area contributed by atoms with Gasteiger partial charge in [-0.1, -0.05) is 24.6 Å². The Morgan fingerprint density at radius 2 is 2.05 bits per heavy atom. The van der Waals surface area contributed by atoms with Gasteiger partial charge in [-0.25, -0.2) is 0 Å². The summed E-state index contributed by atoms with van der Waals surface area (Å²) in [7, 11) is 0. The first-order valence-electron chi connectivity index (χ1n) is 7.56. The van der Waals surface area contributed by atoms with Crippen LogP contribution < -0.4 is 10.1 Å². The number of hydrogen-bond acceptors (Lipinski definition) is 3. The first-order valence-corrected chi connectivity index (χ1v) is 7.56. The van der Waals surface area contributed by atoms with Gasteiger partial charge in [0.05, 0.1) is 12.7 Å². The number of ether oxygens (including phenoxy) is 1. The fraction of sp³-hybridized carbons (Fsp3) is 0.588. The molecule has 0 amide bonds. The molecule has 1 fully saturated rings. The third kappa shape index (κ3) is 4.25. The van der Waals surface area contributed by atoms with Crippen LogP contribution in [0, 0.1) is 18.3 Å². The normalized spacial score (nSPS) is 17.2. The smallest absolute Gasteiger partial charge is 0.119 e. The topological polar surface area (TPSA) is 45.0 Å². The molecule has 0 bridgehead atoms. The van der Waals surface area contributed by atoms with Gasteiger partial charge in [-0.05, 0) is 51.2 Å². The van der Waals surface area contributed by atoms with Crippen LogP contribution in [0.3, 0.4) is 0 Å². The fourth-order valence-corrected chi connectivity index (χ4v) is 2.34. The molecule has 3 heteroatoms. The molecule has 0 spiro atoms. The average Bonchev–Trinajstić information content (AvgIpc) is 3.28. The van der Waals surface area contributed by atoms with Crippen molar-refractivity contribution in [1.82, 2.24) is 5.32 Å².